The van der Waals surface area contributed by atoms with Crippen LogP contribution < -0.4 is 15.5 Å². The van der Waals surface area contributed by atoms with E-state index >= 15 is 0 Å². The molecule has 1 atom stereocenters. The number of carbonyl (C=O) groups is 2. The summed E-state index contributed by atoms with van der Waals surface area (Å²) in [5, 5.41) is 5.87. The third-order valence-corrected chi connectivity index (χ3v) is 4.39. The number of nitrogens with zero attached hydrogens (tertiary/aromatic N) is 1. The van der Waals surface area contributed by atoms with Crippen LogP contribution in [-0.4, -0.2) is 30.9 Å². The van der Waals surface area contributed by atoms with Gasteiger partial charge in [0.25, 0.3) is 5.91 Å². The van der Waals surface area contributed by atoms with Gasteiger partial charge in [0.15, 0.2) is 0 Å². The van der Waals surface area contributed by atoms with E-state index < -0.39 is 0 Å². The molecule has 0 bridgehead atoms. The Labute approximate surface area is 131 Å². The molecule has 1 unspecified atom stereocenters. The molecule has 5 nitrogen and oxygen atoms in total. The van der Waals surface area contributed by atoms with Gasteiger partial charge in [-0.25, -0.2) is 0 Å². The van der Waals surface area contributed by atoms with Gasteiger partial charge in [0.2, 0.25) is 5.91 Å². The molecule has 3 rings (SSSR count). The number of hydrogen-bond acceptors (Lipinski definition) is 3. The van der Waals surface area contributed by atoms with Gasteiger partial charge in [-0.1, -0.05) is 13.8 Å². The molecule has 0 aromatic heterocycles. The highest BCUT2D eigenvalue weighted by atomic mass is 16.2. The fourth-order valence-corrected chi connectivity index (χ4v) is 3.15. The summed E-state index contributed by atoms with van der Waals surface area (Å²) in [6.07, 6.45) is 2.90. The summed E-state index contributed by atoms with van der Waals surface area (Å²) in [5.41, 5.74) is 2.38. The van der Waals surface area contributed by atoms with Gasteiger partial charge >= 0.3 is 0 Å². The average molecular weight is 301 g/mol. The predicted molar refractivity (Wildman–Crippen MR) is 87.2 cm³/mol. The molecule has 2 heterocycles. The highest BCUT2D eigenvalue weighted by Gasteiger charge is 2.36. The molecule has 2 aliphatic rings. The lowest BCUT2D eigenvalue weighted by Gasteiger charge is -2.33. The summed E-state index contributed by atoms with van der Waals surface area (Å²) in [5.74, 6) is 0.527. The van der Waals surface area contributed by atoms with Gasteiger partial charge in [0.1, 0.15) is 6.04 Å². The van der Waals surface area contributed by atoms with Crippen LogP contribution in [0.1, 0.15) is 43.5 Å². The summed E-state index contributed by atoms with van der Waals surface area (Å²) >= 11 is 0. The lowest BCUT2D eigenvalue weighted by atomic mass is 10.1. The number of hydrogen-bond donors (Lipinski definition) is 2. The zero-order chi connectivity index (χ0) is 15.7. The normalized spacial score (nSPS) is 19.7. The Morgan fingerprint density at radius 2 is 2.27 bits per heavy atom. The van der Waals surface area contributed by atoms with Crippen molar-refractivity contribution in [1.82, 2.24) is 5.32 Å². The molecular formula is C17H23N3O2. The van der Waals surface area contributed by atoms with Crippen LogP contribution in [0.2, 0.25) is 0 Å². The van der Waals surface area contributed by atoms with Crippen molar-refractivity contribution < 1.29 is 9.59 Å². The number of carbonyl (C=O) groups excluding carboxylic acids is 2. The van der Waals surface area contributed by atoms with Crippen molar-refractivity contribution in [2.45, 2.75) is 39.2 Å². The van der Waals surface area contributed by atoms with Crippen molar-refractivity contribution in [3.8, 4) is 0 Å². The van der Waals surface area contributed by atoms with Gasteiger partial charge in [-0.15, -0.1) is 0 Å². The van der Waals surface area contributed by atoms with Crippen LogP contribution >= 0.6 is 0 Å². The van der Waals surface area contributed by atoms with Crippen molar-refractivity contribution in [3.63, 3.8) is 0 Å². The van der Waals surface area contributed by atoms with Crippen molar-refractivity contribution in [1.29, 1.82) is 0 Å². The predicted octanol–water partition coefficient (Wildman–Crippen LogP) is 2.38. The summed E-state index contributed by atoms with van der Waals surface area (Å²) in [6, 6.07) is 5.53. The zero-order valence-corrected chi connectivity index (χ0v) is 13.2. The highest BCUT2D eigenvalue weighted by Crippen LogP contribution is 2.37. The Morgan fingerprint density at radius 1 is 1.45 bits per heavy atom. The minimum atomic E-state index is -0.0822. The van der Waals surface area contributed by atoms with Crippen molar-refractivity contribution in [2.24, 2.45) is 5.92 Å². The average Bonchev–Trinajstić information content (AvgIpc) is 2.96. The summed E-state index contributed by atoms with van der Waals surface area (Å²) in [6.45, 7) is 5.85. The molecule has 1 aromatic rings. The molecule has 2 N–H and O–H groups in total. The minimum absolute atomic E-state index is 0.0433. The third-order valence-electron chi connectivity index (χ3n) is 4.39. The van der Waals surface area contributed by atoms with Gasteiger partial charge < -0.3 is 15.5 Å². The minimum Gasteiger partial charge on any atom is -0.358 e. The van der Waals surface area contributed by atoms with Crippen molar-refractivity contribution >= 4 is 23.2 Å². The quantitative estimate of drug-likeness (QED) is 0.897. The molecule has 1 saturated heterocycles. The van der Waals surface area contributed by atoms with Crippen LogP contribution in [0.4, 0.5) is 11.4 Å². The molecule has 2 aliphatic heterocycles. The van der Waals surface area contributed by atoms with E-state index in [2.05, 4.69) is 29.4 Å². The number of anilines is 2. The Hall–Kier alpha value is -2.04. The Kier molecular flexibility index (Phi) is 4.05. The van der Waals surface area contributed by atoms with Crippen LogP contribution in [-0.2, 0) is 4.79 Å². The molecule has 22 heavy (non-hydrogen) atoms. The molecule has 1 aromatic carbocycles. The summed E-state index contributed by atoms with van der Waals surface area (Å²) < 4.78 is 0. The second-order valence-electron chi connectivity index (χ2n) is 6.51. The van der Waals surface area contributed by atoms with Gasteiger partial charge in [-0.3, -0.25) is 9.59 Å². The monoisotopic (exact) mass is 301 g/mol. The van der Waals surface area contributed by atoms with Crippen LogP contribution in [0.25, 0.3) is 0 Å². The maximum Gasteiger partial charge on any atom is 0.251 e. The topological polar surface area (TPSA) is 61.4 Å². The van der Waals surface area contributed by atoms with E-state index in [1.165, 1.54) is 0 Å². The lowest BCUT2D eigenvalue weighted by Crippen LogP contribution is -2.44. The standard InChI is InChI=1S/C17H23N3O2/c1-11(2)7-8-18-16(21)12-5-6-14-13(10-12)19-17(22)15-4-3-9-20(14)15/h5-6,10-11,15H,3-4,7-9H2,1-2H3,(H,18,21)(H,19,22). The maximum absolute atomic E-state index is 12.2. The fourth-order valence-electron chi connectivity index (χ4n) is 3.15. The maximum atomic E-state index is 12.2. The van der Waals surface area contributed by atoms with Crippen LogP contribution in [0.3, 0.4) is 0 Å². The van der Waals surface area contributed by atoms with E-state index in [9.17, 15) is 9.59 Å². The molecule has 0 aliphatic carbocycles. The number of rotatable bonds is 4. The van der Waals surface area contributed by atoms with E-state index in [0.717, 1.165) is 37.2 Å². The Morgan fingerprint density at radius 3 is 3.05 bits per heavy atom. The third kappa shape index (κ3) is 2.80. The van der Waals surface area contributed by atoms with E-state index in [1.54, 1.807) is 6.07 Å². The van der Waals surface area contributed by atoms with Crippen molar-refractivity contribution in [2.75, 3.05) is 23.3 Å². The van der Waals surface area contributed by atoms with Gasteiger partial charge in [0, 0.05) is 18.7 Å². The smallest absolute Gasteiger partial charge is 0.251 e. The van der Waals surface area contributed by atoms with E-state index in [0.29, 0.717) is 18.0 Å². The van der Waals surface area contributed by atoms with Crippen molar-refractivity contribution in [3.05, 3.63) is 23.8 Å². The van der Waals surface area contributed by atoms with Gasteiger partial charge in [0.05, 0.1) is 11.4 Å². The van der Waals surface area contributed by atoms with E-state index in [1.807, 2.05) is 12.1 Å². The molecule has 2 amide bonds. The molecule has 118 valence electrons. The summed E-state index contributed by atoms with van der Waals surface area (Å²) in [4.78, 5) is 26.4. The SMILES string of the molecule is CC(C)CCNC(=O)c1ccc2c(c1)NC(=O)C1CCCN21. The largest absolute Gasteiger partial charge is 0.358 e. The number of fused-ring (bicyclic) bond motifs is 3. The highest BCUT2D eigenvalue weighted by molar-refractivity contribution is 6.06. The molecule has 1 fully saturated rings. The second-order valence-corrected chi connectivity index (χ2v) is 6.51. The molecule has 0 saturated carbocycles. The molecule has 0 spiro atoms. The first-order valence-electron chi connectivity index (χ1n) is 8.06. The van der Waals surface area contributed by atoms with Gasteiger partial charge in [-0.2, -0.15) is 0 Å². The first-order chi connectivity index (χ1) is 10.6. The van der Waals surface area contributed by atoms with E-state index in [-0.39, 0.29) is 17.9 Å². The van der Waals surface area contributed by atoms with E-state index in [4.69, 9.17) is 0 Å². The molecule has 5 heteroatoms. The first-order valence-corrected chi connectivity index (χ1v) is 8.06. The molecular weight excluding hydrogens is 278 g/mol. The number of amides is 2. The van der Waals surface area contributed by atoms with Gasteiger partial charge in [-0.05, 0) is 43.4 Å². The Bertz CT molecular complexity index is 598. The zero-order valence-electron chi connectivity index (χ0n) is 13.2. The summed E-state index contributed by atoms with van der Waals surface area (Å²) in [7, 11) is 0. The lowest BCUT2D eigenvalue weighted by molar-refractivity contribution is -0.117. The number of nitrogens with one attached hydrogen (secondary N) is 2. The fraction of sp³-hybridized carbons (Fsp3) is 0.529. The van der Waals surface area contributed by atoms with Crippen LogP contribution in [0, 0.1) is 5.92 Å². The molecule has 0 radical (unpaired) electrons. The second kappa shape index (κ2) is 5.99. The van der Waals surface area contributed by atoms with Crippen LogP contribution in [0.5, 0.6) is 0 Å². The van der Waals surface area contributed by atoms with Crippen LogP contribution in [0.15, 0.2) is 18.2 Å². The first kappa shape index (κ1) is 14.9. The Balaban J connectivity index is 1.75. The number of benzene rings is 1.